The van der Waals surface area contributed by atoms with Crippen molar-refractivity contribution in [2.45, 2.75) is 64.1 Å². The molecule has 9 heteroatoms. The van der Waals surface area contributed by atoms with Gasteiger partial charge in [0, 0.05) is 24.5 Å². The predicted octanol–water partition coefficient (Wildman–Crippen LogP) is 3.21. The van der Waals surface area contributed by atoms with Gasteiger partial charge in [0.25, 0.3) is 0 Å². The van der Waals surface area contributed by atoms with Crippen molar-refractivity contribution in [3.05, 3.63) is 45.9 Å². The second kappa shape index (κ2) is 9.69. The molecule has 0 amide bonds. The van der Waals surface area contributed by atoms with Gasteiger partial charge in [-0.1, -0.05) is 32.0 Å². The van der Waals surface area contributed by atoms with Gasteiger partial charge in [-0.05, 0) is 38.3 Å². The Morgan fingerprint density at radius 3 is 2.41 bits per heavy atom. The van der Waals surface area contributed by atoms with Gasteiger partial charge in [0.15, 0.2) is 5.96 Å². The number of benzene rings is 1. The third-order valence-electron chi connectivity index (χ3n) is 3.94. The fraction of sp³-hybridized carbons (Fsp3) is 0.500. The number of sulfonamides is 1. The highest BCUT2D eigenvalue weighted by Crippen LogP contribution is 2.18. The van der Waals surface area contributed by atoms with Gasteiger partial charge in [-0.3, -0.25) is 4.99 Å². The minimum Gasteiger partial charge on any atom is -0.352 e. The molecule has 7 nitrogen and oxygen atoms in total. The summed E-state index contributed by atoms with van der Waals surface area (Å²) in [5.41, 5.74) is 1.20. The van der Waals surface area contributed by atoms with Gasteiger partial charge in [-0.15, -0.1) is 11.3 Å². The quantitative estimate of drug-likeness (QED) is 0.457. The number of hydrogen-bond donors (Lipinski definition) is 3. The molecule has 0 fully saturated rings. The minimum absolute atomic E-state index is 0.263. The number of rotatable bonds is 7. The van der Waals surface area contributed by atoms with Gasteiger partial charge >= 0.3 is 0 Å². The van der Waals surface area contributed by atoms with Crippen LogP contribution < -0.4 is 15.4 Å². The van der Waals surface area contributed by atoms with Gasteiger partial charge in [0.2, 0.25) is 10.0 Å². The highest BCUT2D eigenvalue weighted by molar-refractivity contribution is 7.89. The average Bonchev–Trinajstić information content (AvgIpc) is 3.09. The first-order chi connectivity index (χ1) is 13.5. The lowest BCUT2D eigenvalue weighted by Gasteiger charge is -2.22. The van der Waals surface area contributed by atoms with Crippen molar-refractivity contribution in [3.63, 3.8) is 0 Å². The molecule has 1 aromatic heterocycles. The standard InChI is InChI=1S/C20H31N5O2S2/c1-14(2)16-13-28-18(24-16)12-23-19(21-6)22-11-15-9-7-8-10-17(15)29(26,27)25-20(3,4)5/h7-10,13-14,25H,11-12H2,1-6H3,(H2,21,22,23). The molecule has 0 saturated carbocycles. The molecule has 160 valence electrons. The summed E-state index contributed by atoms with van der Waals surface area (Å²) in [7, 11) is -1.94. The van der Waals surface area contributed by atoms with E-state index in [-0.39, 0.29) is 4.90 Å². The summed E-state index contributed by atoms with van der Waals surface area (Å²) < 4.78 is 28.2. The van der Waals surface area contributed by atoms with Crippen LogP contribution in [0.15, 0.2) is 39.5 Å². The van der Waals surface area contributed by atoms with E-state index in [0.29, 0.717) is 30.5 Å². The van der Waals surface area contributed by atoms with Crippen molar-refractivity contribution in [3.8, 4) is 0 Å². The first-order valence-electron chi connectivity index (χ1n) is 9.52. The Morgan fingerprint density at radius 2 is 1.83 bits per heavy atom. The molecule has 3 N–H and O–H groups in total. The van der Waals surface area contributed by atoms with Crippen LogP contribution in [-0.4, -0.2) is 31.9 Å². The van der Waals surface area contributed by atoms with Crippen molar-refractivity contribution in [1.29, 1.82) is 0 Å². The third kappa shape index (κ3) is 7.09. The van der Waals surface area contributed by atoms with E-state index in [9.17, 15) is 8.42 Å². The van der Waals surface area contributed by atoms with Crippen LogP contribution in [0.25, 0.3) is 0 Å². The van der Waals surface area contributed by atoms with Crippen LogP contribution in [0.2, 0.25) is 0 Å². The molecule has 1 aromatic carbocycles. The maximum atomic E-state index is 12.8. The number of aromatic nitrogens is 1. The van der Waals surface area contributed by atoms with E-state index in [2.05, 4.69) is 44.6 Å². The first kappa shape index (κ1) is 23.3. The van der Waals surface area contributed by atoms with E-state index in [1.807, 2.05) is 26.8 Å². The minimum atomic E-state index is -3.62. The molecule has 0 aliphatic carbocycles. The number of guanidine groups is 1. The van der Waals surface area contributed by atoms with Crippen molar-refractivity contribution >= 4 is 27.3 Å². The highest BCUT2D eigenvalue weighted by Gasteiger charge is 2.24. The Hall–Kier alpha value is -1.97. The zero-order valence-corrected chi connectivity index (χ0v) is 19.5. The van der Waals surface area contributed by atoms with Gasteiger partial charge < -0.3 is 10.6 Å². The Bertz CT molecular complexity index is 944. The zero-order valence-electron chi connectivity index (χ0n) is 17.9. The second-order valence-electron chi connectivity index (χ2n) is 8.06. The molecule has 0 bridgehead atoms. The molecule has 2 rings (SSSR count). The van der Waals surface area contributed by atoms with Crippen LogP contribution in [0.5, 0.6) is 0 Å². The molecule has 2 aromatic rings. The molecule has 0 saturated heterocycles. The summed E-state index contributed by atoms with van der Waals surface area (Å²) in [4.78, 5) is 9.08. The van der Waals surface area contributed by atoms with Gasteiger partial charge in [-0.2, -0.15) is 0 Å². The van der Waals surface area contributed by atoms with E-state index < -0.39 is 15.6 Å². The van der Waals surface area contributed by atoms with Crippen LogP contribution in [0, 0.1) is 0 Å². The largest absolute Gasteiger partial charge is 0.352 e. The van der Waals surface area contributed by atoms with Gasteiger partial charge in [0.05, 0.1) is 17.1 Å². The Morgan fingerprint density at radius 1 is 1.17 bits per heavy atom. The van der Waals surface area contributed by atoms with Crippen LogP contribution >= 0.6 is 11.3 Å². The summed E-state index contributed by atoms with van der Waals surface area (Å²) in [6.07, 6.45) is 0. The zero-order chi connectivity index (χ0) is 21.7. The smallest absolute Gasteiger partial charge is 0.241 e. The summed E-state index contributed by atoms with van der Waals surface area (Å²) in [6.45, 7) is 10.6. The fourth-order valence-electron chi connectivity index (χ4n) is 2.60. The Kier molecular flexibility index (Phi) is 7.79. The maximum absolute atomic E-state index is 12.8. The third-order valence-corrected chi connectivity index (χ3v) is 6.67. The van der Waals surface area contributed by atoms with E-state index in [4.69, 9.17) is 0 Å². The molecular weight excluding hydrogens is 406 g/mol. The lowest BCUT2D eigenvalue weighted by molar-refractivity contribution is 0.491. The van der Waals surface area contributed by atoms with Crippen molar-refractivity contribution < 1.29 is 8.42 Å². The number of thiazole rings is 1. The topological polar surface area (TPSA) is 95.5 Å². The van der Waals surface area contributed by atoms with Gasteiger partial charge in [-0.25, -0.2) is 18.1 Å². The van der Waals surface area contributed by atoms with E-state index in [1.54, 1.807) is 36.6 Å². The summed E-state index contributed by atoms with van der Waals surface area (Å²) >= 11 is 1.61. The highest BCUT2D eigenvalue weighted by atomic mass is 32.2. The molecule has 29 heavy (non-hydrogen) atoms. The summed E-state index contributed by atoms with van der Waals surface area (Å²) in [6, 6.07) is 6.96. The van der Waals surface area contributed by atoms with Crippen molar-refractivity contribution in [2.24, 2.45) is 4.99 Å². The number of hydrogen-bond acceptors (Lipinski definition) is 5. The molecule has 0 spiro atoms. The number of nitrogens with one attached hydrogen (secondary N) is 3. The normalized spacial score (nSPS) is 13.0. The number of aliphatic imine (C=N–C) groups is 1. The maximum Gasteiger partial charge on any atom is 0.241 e. The van der Waals surface area contributed by atoms with Crippen molar-refractivity contribution in [1.82, 2.24) is 20.3 Å². The summed E-state index contributed by atoms with van der Waals surface area (Å²) in [5, 5.41) is 9.46. The van der Waals surface area contributed by atoms with Crippen LogP contribution in [0.4, 0.5) is 0 Å². The van der Waals surface area contributed by atoms with Crippen molar-refractivity contribution in [2.75, 3.05) is 7.05 Å². The van der Waals surface area contributed by atoms with E-state index in [1.165, 1.54) is 0 Å². The summed E-state index contributed by atoms with van der Waals surface area (Å²) in [5.74, 6) is 0.986. The van der Waals surface area contributed by atoms with E-state index in [0.717, 1.165) is 10.7 Å². The van der Waals surface area contributed by atoms with Crippen LogP contribution in [0.3, 0.4) is 0 Å². The van der Waals surface area contributed by atoms with Crippen LogP contribution in [-0.2, 0) is 23.1 Å². The van der Waals surface area contributed by atoms with Crippen LogP contribution in [0.1, 0.15) is 56.8 Å². The fourth-order valence-corrected chi connectivity index (χ4v) is 5.15. The van der Waals surface area contributed by atoms with E-state index >= 15 is 0 Å². The molecule has 0 aliphatic rings. The molecule has 1 heterocycles. The average molecular weight is 438 g/mol. The molecular formula is C20H31N5O2S2. The monoisotopic (exact) mass is 437 g/mol. The Balaban J connectivity index is 2.04. The predicted molar refractivity (Wildman–Crippen MR) is 120 cm³/mol. The lowest BCUT2D eigenvalue weighted by atomic mass is 10.1. The molecule has 0 atom stereocenters. The molecule has 0 aliphatic heterocycles. The second-order valence-corrected chi connectivity index (χ2v) is 10.7. The lowest BCUT2D eigenvalue weighted by Crippen LogP contribution is -2.41. The Labute approximate surface area is 178 Å². The number of nitrogens with zero attached hydrogens (tertiary/aromatic N) is 2. The molecule has 0 unspecified atom stereocenters. The first-order valence-corrected chi connectivity index (χ1v) is 11.9. The van der Waals surface area contributed by atoms with Gasteiger partial charge in [0.1, 0.15) is 5.01 Å². The molecule has 0 radical (unpaired) electrons. The SMILES string of the molecule is CN=C(NCc1nc(C(C)C)cs1)NCc1ccccc1S(=O)(=O)NC(C)(C)C.